The third-order valence-corrected chi connectivity index (χ3v) is 5.94. The largest absolute Gasteiger partial charge is 1.00 e. The van der Waals surface area contributed by atoms with Gasteiger partial charge in [0.05, 0.1) is 6.16 Å². The van der Waals surface area contributed by atoms with Crippen LogP contribution in [0.15, 0.2) is 12.2 Å². The molecule has 0 fully saturated rings. The molecule has 0 spiro atoms. The van der Waals surface area contributed by atoms with Crippen LogP contribution < -0.4 is 17.0 Å². The fourth-order valence-corrected chi connectivity index (χ4v) is 3.73. The number of hydrogen-bond donors (Lipinski definition) is 0. The minimum atomic E-state index is -0.574. The fourth-order valence-electron chi connectivity index (χ4n) is 2.60. The Morgan fingerprint density at radius 3 is 1.77 bits per heavy atom. The van der Waals surface area contributed by atoms with Gasteiger partial charge in [-0.25, -0.2) is 0 Å². The van der Waals surface area contributed by atoms with Gasteiger partial charge >= 0.3 is 0 Å². The first-order valence-electron chi connectivity index (χ1n) is 10.7. The molecule has 26 heavy (non-hydrogen) atoms. The third-order valence-electron chi connectivity index (χ3n) is 4.28. The molecule has 0 bridgehead atoms. The zero-order valence-corrected chi connectivity index (χ0v) is 20.8. The van der Waals surface area contributed by atoms with Crippen LogP contribution in [0.4, 0.5) is 0 Å². The molecule has 0 rings (SSSR count). The van der Waals surface area contributed by atoms with Crippen LogP contribution in [0, 0.1) is 0 Å². The van der Waals surface area contributed by atoms with Crippen molar-refractivity contribution in [3.63, 3.8) is 0 Å². The standard InChI is InChI=1S/C22H46O2P.BrH/c1-6-8-19-23-22(24-20-9-7-2)18-16-14-12-10-11-13-15-17-21-25(3,4)5;/h11,13,22H,6-10,12,14-21H2,1-5H3;1H/q+1;/p-1/b13-11+;. The maximum absolute atomic E-state index is 5.89. The van der Waals surface area contributed by atoms with E-state index in [9.17, 15) is 0 Å². The van der Waals surface area contributed by atoms with Gasteiger partial charge in [0.25, 0.3) is 0 Å². The second-order valence-electron chi connectivity index (χ2n) is 8.14. The molecule has 0 aliphatic carbocycles. The summed E-state index contributed by atoms with van der Waals surface area (Å²) in [4.78, 5) is 0. The minimum absolute atomic E-state index is 0. The van der Waals surface area contributed by atoms with Gasteiger partial charge in [-0.05, 0) is 51.4 Å². The monoisotopic (exact) mass is 452 g/mol. The van der Waals surface area contributed by atoms with Gasteiger partial charge in [-0.1, -0.05) is 45.3 Å². The Morgan fingerprint density at radius 2 is 1.27 bits per heavy atom. The third kappa shape index (κ3) is 22.6. The molecule has 0 N–H and O–H groups in total. The lowest BCUT2D eigenvalue weighted by Gasteiger charge is -2.18. The van der Waals surface area contributed by atoms with Crippen LogP contribution in [0.3, 0.4) is 0 Å². The predicted molar refractivity (Wildman–Crippen MR) is 117 cm³/mol. The topological polar surface area (TPSA) is 18.5 Å². The Morgan fingerprint density at radius 1 is 0.731 bits per heavy atom. The minimum Gasteiger partial charge on any atom is -1.00 e. The van der Waals surface area contributed by atoms with Crippen molar-refractivity contribution in [3.05, 3.63) is 12.2 Å². The average molecular weight is 453 g/mol. The molecule has 0 saturated carbocycles. The van der Waals surface area contributed by atoms with Gasteiger partial charge in [0.1, 0.15) is 0 Å². The highest BCUT2D eigenvalue weighted by Crippen LogP contribution is 2.47. The summed E-state index contributed by atoms with van der Waals surface area (Å²) in [7, 11) is -0.574. The van der Waals surface area contributed by atoms with E-state index in [4.69, 9.17) is 9.47 Å². The van der Waals surface area contributed by atoms with E-state index in [-0.39, 0.29) is 23.3 Å². The summed E-state index contributed by atoms with van der Waals surface area (Å²) in [6.45, 7) is 13.4. The molecule has 0 aliphatic rings. The summed E-state index contributed by atoms with van der Waals surface area (Å²) < 4.78 is 11.8. The first kappa shape index (κ1) is 28.8. The Hall–Kier alpha value is 0.570. The molecular weight excluding hydrogens is 407 g/mol. The zero-order chi connectivity index (χ0) is 18.8. The molecule has 0 aliphatic heterocycles. The summed E-state index contributed by atoms with van der Waals surface area (Å²) in [5.41, 5.74) is 0. The van der Waals surface area contributed by atoms with Crippen molar-refractivity contribution in [2.24, 2.45) is 0 Å². The summed E-state index contributed by atoms with van der Waals surface area (Å²) in [6.07, 6.45) is 19.5. The lowest BCUT2D eigenvalue weighted by atomic mass is 10.1. The predicted octanol–water partition coefficient (Wildman–Crippen LogP) is 4.14. The maximum atomic E-state index is 5.89. The molecule has 0 radical (unpaired) electrons. The Labute approximate surface area is 176 Å². The van der Waals surface area contributed by atoms with Gasteiger partial charge < -0.3 is 26.5 Å². The summed E-state index contributed by atoms with van der Waals surface area (Å²) in [6, 6.07) is 0. The Kier molecular flexibility index (Phi) is 22.5. The van der Waals surface area contributed by atoms with Crippen molar-refractivity contribution in [2.75, 3.05) is 39.4 Å². The van der Waals surface area contributed by atoms with Crippen molar-refractivity contribution in [3.8, 4) is 0 Å². The molecule has 0 unspecified atom stereocenters. The summed E-state index contributed by atoms with van der Waals surface area (Å²) >= 11 is 0. The van der Waals surface area contributed by atoms with E-state index in [0.717, 1.165) is 32.5 Å². The van der Waals surface area contributed by atoms with E-state index in [0.29, 0.717) is 0 Å². The lowest BCUT2D eigenvalue weighted by Crippen LogP contribution is -3.00. The maximum Gasteiger partial charge on any atom is 0.157 e. The SMILES string of the molecule is CCCCOC(CCCCC/C=C/CCC[P+](C)(C)C)OCCCC.[Br-]. The van der Waals surface area contributed by atoms with Gasteiger partial charge in [0.15, 0.2) is 6.29 Å². The molecule has 2 nitrogen and oxygen atoms in total. The number of rotatable bonds is 18. The molecule has 0 heterocycles. The zero-order valence-electron chi connectivity index (χ0n) is 18.3. The molecule has 0 aromatic rings. The van der Waals surface area contributed by atoms with E-state index < -0.39 is 7.26 Å². The van der Waals surface area contributed by atoms with Gasteiger partial charge in [-0.3, -0.25) is 0 Å². The molecular formula is C22H46BrO2P. The molecule has 0 saturated heterocycles. The van der Waals surface area contributed by atoms with Gasteiger partial charge in [-0.15, -0.1) is 0 Å². The Balaban J connectivity index is 0. The first-order valence-corrected chi connectivity index (χ1v) is 14.0. The van der Waals surface area contributed by atoms with E-state index in [2.05, 4.69) is 46.0 Å². The molecule has 0 aromatic heterocycles. The number of hydrogen-bond acceptors (Lipinski definition) is 2. The number of ether oxygens (including phenoxy) is 2. The van der Waals surface area contributed by atoms with E-state index in [1.807, 2.05) is 0 Å². The van der Waals surface area contributed by atoms with Crippen molar-refractivity contribution in [1.82, 2.24) is 0 Å². The highest BCUT2D eigenvalue weighted by Gasteiger charge is 2.14. The fraction of sp³-hybridized carbons (Fsp3) is 0.909. The van der Waals surface area contributed by atoms with Crippen molar-refractivity contribution >= 4 is 7.26 Å². The quantitative estimate of drug-likeness (QED) is 0.134. The molecule has 0 aromatic carbocycles. The van der Waals surface area contributed by atoms with Gasteiger partial charge in [0.2, 0.25) is 0 Å². The van der Waals surface area contributed by atoms with Gasteiger partial charge in [-0.2, -0.15) is 0 Å². The normalized spacial score (nSPS) is 12.1. The van der Waals surface area contributed by atoms with Crippen LogP contribution in [-0.2, 0) is 9.47 Å². The molecule has 4 heteroatoms. The molecule has 158 valence electrons. The number of unbranched alkanes of at least 4 members (excludes halogenated alkanes) is 6. The van der Waals surface area contributed by atoms with Crippen LogP contribution in [0.25, 0.3) is 0 Å². The van der Waals surface area contributed by atoms with E-state index >= 15 is 0 Å². The molecule has 0 atom stereocenters. The van der Waals surface area contributed by atoms with Crippen LogP contribution in [0.2, 0.25) is 0 Å². The average Bonchev–Trinajstić information content (AvgIpc) is 2.55. The first-order chi connectivity index (χ1) is 12.0. The van der Waals surface area contributed by atoms with Crippen LogP contribution in [-0.4, -0.2) is 45.7 Å². The number of allylic oxidation sites excluding steroid dienone is 2. The van der Waals surface area contributed by atoms with Gasteiger partial charge in [0, 0.05) is 40.5 Å². The highest BCUT2D eigenvalue weighted by atomic mass is 79.9. The van der Waals surface area contributed by atoms with Crippen molar-refractivity contribution in [2.45, 2.75) is 90.8 Å². The van der Waals surface area contributed by atoms with Crippen molar-refractivity contribution < 1.29 is 26.5 Å². The second kappa shape index (κ2) is 20.3. The van der Waals surface area contributed by atoms with Crippen LogP contribution in [0.1, 0.15) is 84.5 Å². The molecule has 0 amide bonds. The highest BCUT2D eigenvalue weighted by molar-refractivity contribution is 7.73. The Bertz CT molecular complexity index is 293. The van der Waals surface area contributed by atoms with Crippen LogP contribution >= 0.6 is 7.26 Å². The van der Waals surface area contributed by atoms with E-state index in [1.165, 1.54) is 57.5 Å². The van der Waals surface area contributed by atoms with Crippen LogP contribution in [0.5, 0.6) is 0 Å². The lowest BCUT2D eigenvalue weighted by molar-refractivity contribution is -0.147. The summed E-state index contributed by atoms with van der Waals surface area (Å²) in [5, 5.41) is 0. The van der Waals surface area contributed by atoms with E-state index in [1.54, 1.807) is 0 Å². The van der Waals surface area contributed by atoms with Crippen molar-refractivity contribution in [1.29, 1.82) is 0 Å². The smallest absolute Gasteiger partial charge is 0.157 e. The number of halogens is 1. The second-order valence-corrected chi connectivity index (χ2v) is 13.2. The summed E-state index contributed by atoms with van der Waals surface area (Å²) in [5.74, 6) is 0.